The van der Waals surface area contributed by atoms with Crippen LogP contribution in [0.3, 0.4) is 0 Å². The lowest BCUT2D eigenvalue weighted by Gasteiger charge is -2.33. The van der Waals surface area contributed by atoms with Crippen molar-refractivity contribution in [1.29, 1.82) is 0 Å². The molecule has 0 bridgehead atoms. The number of amides is 2. The maximum absolute atomic E-state index is 12.2. The molecule has 5 nitrogen and oxygen atoms in total. The summed E-state index contributed by atoms with van der Waals surface area (Å²) in [6.07, 6.45) is 1.94. The summed E-state index contributed by atoms with van der Waals surface area (Å²) in [6.45, 7) is 3.43. The first-order valence-electron chi connectivity index (χ1n) is 6.41. The van der Waals surface area contributed by atoms with Gasteiger partial charge in [-0.3, -0.25) is 9.59 Å². The molecule has 1 fully saturated rings. The van der Waals surface area contributed by atoms with E-state index >= 15 is 0 Å². The van der Waals surface area contributed by atoms with E-state index in [1.165, 1.54) is 6.92 Å². The maximum atomic E-state index is 12.2. The third-order valence-corrected chi connectivity index (χ3v) is 3.48. The molecule has 1 aromatic rings. The Morgan fingerprint density at radius 3 is 2.89 bits per heavy atom. The van der Waals surface area contributed by atoms with Crippen molar-refractivity contribution in [2.75, 3.05) is 5.32 Å². The number of ether oxygens (including phenoxy) is 1. The largest absolute Gasteiger partial charge is 0.466 e. The lowest BCUT2D eigenvalue weighted by atomic mass is 10.0. The minimum absolute atomic E-state index is 0.195. The predicted octanol–water partition coefficient (Wildman–Crippen LogP) is 1.36. The molecule has 1 aromatic carbocycles. The first-order valence-corrected chi connectivity index (χ1v) is 6.41. The average molecular weight is 260 g/mol. The maximum Gasteiger partial charge on any atom is 0.278 e. The van der Waals surface area contributed by atoms with Crippen molar-refractivity contribution in [2.45, 2.75) is 38.3 Å². The average Bonchev–Trinajstić information content (AvgIpc) is 3.15. The Morgan fingerprint density at radius 1 is 1.47 bits per heavy atom. The van der Waals surface area contributed by atoms with E-state index in [1.54, 1.807) is 6.07 Å². The fraction of sp³-hybridized carbons (Fsp3) is 0.429. The first kappa shape index (κ1) is 12.0. The van der Waals surface area contributed by atoms with Gasteiger partial charge in [0.25, 0.3) is 17.4 Å². The zero-order valence-corrected chi connectivity index (χ0v) is 10.9. The second-order valence-corrected chi connectivity index (χ2v) is 5.34. The second-order valence-electron chi connectivity index (χ2n) is 5.34. The summed E-state index contributed by atoms with van der Waals surface area (Å²) in [7, 11) is 0. The summed E-state index contributed by atoms with van der Waals surface area (Å²) in [5, 5.41) is 5.55. The number of rotatable bonds is 2. The molecule has 1 aliphatic heterocycles. The Labute approximate surface area is 111 Å². The van der Waals surface area contributed by atoms with Crippen molar-refractivity contribution in [3.05, 3.63) is 23.8 Å². The lowest BCUT2D eigenvalue weighted by molar-refractivity contribution is -0.146. The number of carbonyl (C=O) groups excluding carboxylic acids is 2. The van der Waals surface area contributed by atoms with E-state index in [4.69, 9.17) is 4.74 Å². The molecule has 0 spiro atoms. The predicted molar refractivity (Wildman–Crippen MR) is 70.0 cm³/mol. The fourth-order valence-corrected chi connectivity index (χ4v) is 2.04. The lowest BCUT2D eigenvalue weighted by Crippen LogP contribution is -2.59. The van der Waals surface area contributed by atoms with Crippen LogP contribution in [-0.4, -0.2) is 23.5 Å². The molecule has 0 unspecified atom stereocenters. The minimum Gasteiger partial charge on any atom is -0.466 e. The summed E-state index contributed by atoms with van der Waals surface area (Å²) in [5.41, 5.74) is 0.139. The molecule has 3 rings (SSSR count). The molecule has 2 amide bonds. The number of anilines is 1. The molecule has 1 atom stereocenters. The molecule has 2 aliphatic rings. The third kappa shape index (κ3) is 2.05. The standard InChI is InChI=1S/C14H16N2O3/c1-8-3-6-11-10(7-8)16-13(18)14(2,19-11)12(17)15-9-4-5-9/h3,6-7,9H,4-5H2,1-2H3,(H,15,17)(H,16,18)/t14-/m0/s1. The van der Waals surface area contributed by atoms with Crippen molar-refractivity contribution >= 4 is 17.5 Å². The van der Waals surface area contributed by atoms with E-state index in [-0.39, 0.29) is 11.9 Å². The van der Waals surface area contributed by atoms with E-state index in [0.717, 1.165) is 18.4 Å². The van der Waals surface area contributed by atoms with Gasteiger partial charge >= 0.3 is 0 Å². The molecule has 0 saturated heterocycles. The minimum atomic E-state index is -1.50. The van der Waals surface area contributed by atoms with Crippen LogP contribution in [0, 0.1) is 6.92 Å². The molecule has 100 valence electrons. The van der Waals surface area contributed by atoms with Crippen molar-refractivity contribution in [3.63, 3.8) is 0 Å². The van der Waals surface area contributed by atoms with E-state index in [9.17, 15) is 9.59 Å². The Bertz CT molecular complexity index is 566. The Kier molecular flexibility index (Phi) is 2.52. The van der Waals surface area contributed by atoms with Gasteiger partial charge in [0.05, 0.1) is 5.69 Å². The fourth-order valence-electron chi connectivity index (χ4n) is 2.04. The highest BCUT2D eigenvalue weighted by atomic mass is 16.5. The number of hydrogen-bond donors (Lipinski definition) is 2. The molecule has 0 radical (unpaired) electrons. The Balaban J connectivity index is 1.89. The summed E-state index contributed by atoms with van der Waals surface area (Å²) in [6, 6.07) is 5.67. The number of benzene rings is 1. The van der Waals surface area contributed by atoms with Gasteiger partial charge < -0.3 is 15.4 Å². The molecule has 19 heavy (non-hydrogen) atoms. The zero-order chi connectivity index (χ0) is 13.6. The smallest absolute Gasteiger partial charge is 0.278 e. The van der Waals surface area contributed by atoms with E-state index in [0.29, 0.717) is 11.4 Å². The van der Waals surface area contributed by atoms with E-state index < -0.39 is 11.5 Å². The van der Waals surface area contributed by atoms with Gasteiger partial charge in [0, 0.05) is 6.04 Å². The number of carbonyl (C=O) groups is 2. The number of nitrogens with one attached hydrogen (secondary N) is 2. The van der Waals surface area contributed by atoms with Crippen LogP contribution in [0.5, 0.6) is 5.75 Å². The van der Waals surface area contributed by atoms with Crippen molar-refractivity contribution < 1.29 is 14.3 Å². The van der Waals surface area contributed by atoms with E-state index in [1.807, 2.05) is 19.1 Å². The molecule has 5 heteroatoms. The topological polar surface area (TPSA) is 67.4 Å². The van der Waals surface area contributed by atoms with Gasteiger partial charge in [-0.1, -0.05) is 6.07 Å². The van der Waals surface area contributed by atoms with Crippen LogP contribution < -0.4 is 15.4 Å². The van der Waals surface area contributed by atoms with Gasteiger partial charge in [-0.25, -0.2) is 0 Å². The van der Waals surface area contributed by atoms with Crippen LogP contribution in [0.15, 0.2) is 18.2 Å². The van der Waals surface area contributed by atoms with Crippen LogP contribution in [0.1, 0.15) is 25.3 Å². The third-order valence-electron chi connectivity index (χ3n) is 3.48. The van der Waals surface area contributed by atoms with Gasteiger partial charge in [0.1, 0.15) is 5.75 Å². The van der Waals surface area contributed by atoms with Crippen LogP contribution in [0.2, 0.25) is 0 Å². The highest BCUT2D eigenvalue weighted by Crippen LogP contribution is 2.34. The van der Waals surface area contributed by atoms with Gasteiger partial charge in [0.2, 0.25) is 0 Å². The normalized spacial score (nSPS) is 25.1. The number of hydrogen-bond acceptors (Lipinski definition) is 3. The highest BCUT2D eigenvalue weighted by molar-refractivity contribution is 6.15. The van der Waals surface area contributed by atoms with Crippen molar-refractivity contribution in [3.8, 4) is 5.75 Å². The van der Waals surface area contributed by atoms with Crippen LogP contribution in [0.4, 0.5) is 5.69 Å². The molecule has 0 aromatic heterocycles. The molecular weight excluding hydrogens is 244 g/mol. The van der Waals surface area contributed by atoms with Gasteiger partial charge in [0.15, 0.2) is 0 Å². The molecular formula is C14H16N2O3. The quantitative estimate of drug-likeness (QED) is 0.789. The van der Waals surface area contributed by atoms with Crippen molar-refractivity contribution in [1.82, 2.24) is 5.32 Å². The van der Waals surface area contributed by atoms with E-state index in [2.05, 4.69) is 10.6 Å². The monoisotopic (exact) mass is 260 g/mol. The highest BCUT2D eigenvalue weighted by Gasteiger charge is 2.48. The van der Waals surface area contributed by atoms with Gasteiger partial charge in [-0.15, -0.1) is 0 Å². The molecule has 2 N–H and O–H groups in total. The van der Waals surface area contributed by atoms with Gasteiger partial charge in [-0.2, -0.15) is 0 Å². The van der Waals surface area contributed by atoms with Gasteiger partial charge in [-0.05, 0) is 44.4 Å². The van der Waals surface area contributed by atoms with Crippen molar-refractivity contribution in [2.24, 2.45) is 0 Å². The molecule has 1 aliphatic carbocycles. The van der Waals surface area contributed by atoms with Crippen LogP contribution in [-0.2, 0) is 9.59 Å². The Hall–Kier alpha value is -2.04. The molecule has 1 heterocycles. The first-order chi connectivity index (χ1) is 8.99. The number of fused-ring (bicyclic) bond motifs is 1. The second kappa shape index (κ2) is 3.98. The zero-order valence-electron chi connectivity index (χ0n) is 10.9. The summed E-state index contributed by atoms with van der Waals surface area (Å²) < 4.78 is 5.65. The van der Waals surface area contributed by atoms with Crippen LogP contribution in [0.25, 0.3) is 0 Å². The van der Waals surface area contributed by atoms with Crippen LogP contribution >= 0.6 is 0 Å². The summed E-state index contributed by atoms with van der Waals surface area (Å²) in [5.74, 6) is -0.277. The summed E-state index contributed by atoms with van der Waals surface area (Å²) in [4.78, 5) is 24.3. The number of aryl methyl sites for hydroxylation is 1. The SMILES string of the molecule is Cc1ccc2c(c1)NC(=O)[C@](C)(C(=O)NC1CC1)O2. The molecule has 1 saturated carbocycles. The summed E-state index contributed by atoms with van der Waals surface area (Å²) >= 11 is 0. The Morgan fingerprint density at radius 2 is 2.21 bits per heavy atom.